The van der Waals surface area contributed by atoms with Crippen LogP contribution in [0.4, 0.5) is 0 Å². The molecule has 0 aliphatic heterocycles. The highest BCUT2D eigenvalue weighted by Gasteiger charge is 2.35. The second kappa shape index (κ2) is 6.82. The predicted molar refractivity (Wildman–Crippen MR) is 96.3 cm³/mol. The standard InChI is InChI=1S/C19H21IO/c20-15-21-18-11-7-10-17(14-18)19(12-5-2-6-13-19)16-8-3-1-4-9-16/h1,3-4,7-11,14H,2,5-6,12-13,15H2. The van der Waals surface area contributed by atoms with Crippen LogP contribution in [0.2, 0.25) is 0 Å². The van der Waals surface area contributed by atoms with Crippen LogP contribution in [0, 0.1) is 0 Å². The molecule has 0 spiro atoms. The molecule has 21 heavy (non-hydrogen) atoms. The maximum atomic E-state index is 5.70. The molecule has 0 saturated heterocycles. The van der Waals surface area contributed by atoms with Gasteiger partial charge in [-0.3, -0.25) is 0 Å². The summed E-state index contributed by atoms with van der Waals surface area (Å²) in [6, 6.07) is 19.7. The van der Waals surface area contributed by atoms with Crippen molar-refractivity contribution in [1.29, 1.82) is 0 Å². The molecule has 0 heterocycles. The third kappa shape index (κ3) is 3.10. The summed E-state index contributed by atoms with van der Waals surface area (Å²) in [5.41, 5.74) is 3.04. The van der Waals surface area contributed by atoms with Gasteiger partial charge in [-0.25, -0.2) is 0 Å². The van der Waals surface area contributed by atoms with E-state index in [1.165, 1.54) is 43.2 Å². The average molecular weight is 392 g/mol. The van der Waals surface area contributed by atoms with Crippen molar-refractivity contribution in [2.24, 2.45) is 0 Å². The molecule has 3 rings (SSSR count). The van der Waals surface area contributed by atoms with Gasteiger partial charge in [-0.15, -0.1) is 0 Å². The Bertz CT molecular complexity index is 573. The second-order valence-corrected chi connectivity index (χ2v) is 6.41. The van der Waals surface area contributed by atoms with Gasteiger partial charge < -0.3 is 4.74 Å². The quantitative estimate of drug-likeness (QED) is 0.479. The van der Waals surface area contributed by atoms with Gasteiger partial charge in [0.2, 0.25) is 0 Å². The summed E-state index contributed by atoms with van der Waals surface area (Å²) >= 11 is 2.25. The Balaban J connectivity index is 2.05. The number of rotatable bonds is 4. The van der Waals surface area contributed by atoms with Gasteiger partial charge in [0, 0.05) is 5.41 Å². The maximum Gasteiger partial charge on any atom is 0.139 e. The molecule has 2 aromatic carbocycles. The van der Waals surface area contributed by atoms with Crippen LogP contribution in [-0.2, 0) is 5.41 Å². The molecule has 2 heteroatoms. The van der Waals surface area contributed by atoms with Gasteiger partial charge in [-0.2, -0.15) is 0 Å². The smallest absolute Gasteiger partial charge is 0.139 e. The van der Waals surface area contributed by atoms with Crippen LogP contribution in [-0.4, -0.2) is 4.61 Å². The summed E-state index contributed by atoms with van der Waals surface area (Å²) in [7, 11) is 0. The van der Waals surface area contributed by atoms with Crippen LogP contribution in [0.3, 0.4) is 0 Å². The summed E-state index contributed by atoms with van der Waals surface area (Å²) in [5.74, 6) is 0.989. The van der Waals surface area contributed by atoms with E-state index in [1.807, 2.05) is 0 Å². The highest BCUT2D eigenvalue weighted by atomic mass is 127. The highest BCUT2D eigenvalue weighted by Crippen LogP contribution is 2.45. The maximum absolute atomic E-state index is 5.70. The van der Waals surface area contributed by atoms with E-state index in [2.05, 4.69) is 77.2 Å². The Hall–Kier alpha value is -1.03. The largest absolute Gasteiger partial charge is 0.483 e. The molecule has 1 saturated carbocycles. The summed E-state index contributed by atoms with van der Waals surface area (Å²) < 4.78 is 6.40. The third-order valence-corrected chi connectivity index (χ3v) is 4.95. The topological polar surface area (TPSA) is 9.23 Å². The van der Waals surface area contributed by atoms with Gasteiger partial charge in [0.05, 0.1) is 0 Å². The van der Waals surface area contributed by atoms with E-state index in [9.17, 15) is 0 Å². The van der Waals surface area contributed by atoms with E-state index in [4.69, 9.17) is 4.74 Å². The first-order chi connectivity index (χ1) is 10.3. The lowest BCUT2D eigenvalue weighted by atomic mass is 9.65. The minimum atomic E-state index is 0.171. The van der Waals surface area contributed by atoms with Crippen LogP contribution in [0.1, 0.15) is 43.2 Å². The molecule has 0 aromatic heterocycles. The molecule has 0 radical (unpaired) electrons. The fraction of sp³-hybridized carbons (Fsp3) is 0.368. The van der Waals surface area contributed by atoms with Gasteiger partial charge in [-0.1, -0.05) is 61.7 Å². The molecule has 0 amide bonds. The van der Waals surface area contributed by atoms with Crippen LogP contribution >= 0.6 is 22.6 Å². The number of hydrogen-bond acceptors (Lipinski definition) is 1. The first-order valence-corrected chi connectivity index (χ1v) is 9.22. The van der Waals surface area contributed by atoms with Crippen LogP contribution in [0.15, 0.2) is 54.6 Å². The molecule has 0 bridgehead atoms. The molecular weight excluding hydrogens is 371 g/mol. The lowest BCUT2D eigenvalue weighted by Gasteiger charge is -2.38. The van der Waals surface area contributed by atoms with E-state index >= 15 is 0 Å². The molecule has 1 aliphatic rings. The van der Waals surface area contributed by atoms with E-state index in [0.29, 0.717) is 4.61 Å². The highest BCUT2D eigenvalue weighted by molar-refractivity contribution is 14.1. The monoisotopic (exact) mass is 392 g/mol. The van der Waals surface area contributed by atoms with Crippen molar-refractivity contribution in [3.8, 4) is 5.75 Å². The Labute approximate surface area is 140 Å². The lowest BCUT2D eigenvalue weighted by molar-refractivity contribution is 0.343. The van der Waals surface area contributed by atoms with Crippen molar-refractivity contribution >= 4 is 22.6 Å². The Morgan fingerprint density at radius 2 is 1.57 bits per heavy atom. The molecule has 1 nitrogen and oxygen atoms in total. The first kappa shape index (κ1) is 14.9. The summed E-state index contributed by atoms with van der Waals surface area (Å²) in [4.78, 5) is 0. The summed E-state index contributed by atoms with van der Waals surface area (Å²) in [6.07, 6.45) is 6.46. The zero-order chi connectivity index (χ0) is 14.5. The Morgan fingerprint density at radius 1 is 0.857 bits per heavy atom. The number of benzene rings is 2. The van der Waals surface area contributed by atoms with E-state index in [-0.39, 0.29) is 5.41 Å². The SMILES string of the molecule is ICOc1cccc(C2(c3ccccc3)CCCCC2)c1. The van der Waals surface area contributed by atoms with Gasteiger partial charge >= 0.3 is 0 Å². The number of ether oxygens (including phenoxy) is 1. The molecule has 1 fully saturated rings. The Morgan fingerprint density at radius 3 is 2.29 bits per heavy atom. The van der Waals surface area contributed by atoms with E-state index in [1.54, 1.807) is 0 Å². The molecule has 1 aliphatic carbocycles. The molecule has 2 aromatic rings. The van der Waals surface area contributed by atoms with Crippen molar-refractivity contribution in [1.82, 2.24) is 0 Å². The third-order valence-electron chi connectivity index (χ3n) is 4.64. The molecule has 0 unspecified atom stereocenters. The number of hydrogen-bond donors (Lipinski definition) is 0. The first-order valence-electron chi connectivity index (χ1n) is 7.70. The van der Waals surface area contributed by atoms with Gasteiger partial charge in [0.15, 0.2) is 0 Å². The van der Waals surface area contributed by atoms with Gasteiger partial charge in [0.1, 0.15) is 10.4 Å². The summed E-state index contributed by atoms with van der Waals surface area (Å²) in [5, 5.41) is 0. The number of alkyl halides is 1. The molecule has 110 valence electrons. The Kier molecular flexibility index (Phi) is 4.84. The number of halogens is 1. The fourth-order valence-corrected chi connectivity index (χ4v) is 3.96. The van der Waals surface area contributed by atoms with Crippen LogP contribution in [0.5, 0.6) is 5.75 Å². The fourth-order valence-electron chi connectivity index (χ4n) is 3.60. The molecule has 0 N–H and O–H groups in total. The molecule has 0 atom stereocenters. The lowest BCUT2D eigenvalue weighted by Crippen LogP contribution is -2.30. The van der Waals surface area contributed by atoms with Gasteiger partial charge in [-0.05, 0) is 58.7 Å². The molecular formula is C19H21IO. The minimum absolute atomic E-state index is 0.171. The van der Waals surface area contributed by atoms with Crippen molar-refractivity contribution in [3.63, 3.8) is 0 Å². The zero-order valence-electron chi connectivity index (χ0n) is 12.2. The van der Waals surface area contributed by atoms with Crippen molar-refractivity contribution in [2.45, 2.75) is 37.5 Å². The average Bonchev–Trinajstić information content (AvgIpc) is 2.57. The van der Waals surface area contributed by atoms with E-state index < -0.39 is 0 Å². The van der Waals surface area contributed by atoms with Gasteiger partial charge in [0.25, 0.3) is 0 Å². The van der Waals surface area contributed by atoms with Crippen molar-refractivity contribution < 1.29 is 4.74 Å². The summed E-state index contributed by atoms with van der Waals surface area (Å²) in [6.45, 7) is 0. The van der Waals surface area contributed by atoms with Crippen molar-refractivity contribution in [2.75, 3.05) is 4.61 Å². The minimum Gasteiger partial charge on any atom is -0.483 e. The van der Waals surface area contributed by atoms with Crippen molar-refractivity contribution in [3.05, 3.63) is 65.7 Å². The van der Waals surface area contributed by atoms with Crippen LogP contribution in [0.25, 0.3) is 0 Å². The normalized spacial score (nSPS) is 17.4. The van der Waals surface area contributed by atoms with E-state index in [0.717, 1.165) is 5.75 Å². The zero-order valence-corrected chi connectivity index (χ0v) is 14.4. The predicted octanol–water partition coefficient (Wildman–Crippen LogP) is 5.71. The second-order valence-electron chi connectivity index (χ2n) is 5.79. The van der Waals surface area contributed by atoms with Crippen LogP contribution < -0.4 is 4.74 Å².